The van der Waals surface area contributed by atoms with Gasteiger partial charge >= 0.3 is 5.97 Å². The quantitative estimate of drug-likeness (QED) is 0.639. The Balaban J connectivity index is 1.85. The van der Waals surface area contributed by atoms with Gasteiger partial charge in [-0.2, -0.15) is 0 Å². The molecule has 5 nitrogen and oxygen atoms in total. The van der Waals surface area contributed by atoms with Crippen LogP contribution < -0.4 is 4.90 Å². The number of esters is 1. The van der Waals surface area contributed by atoms with Crippen LogP contribution >= 0.6 is 11.6 Å². The van der Waals surface area contributed by atoms with Crippen molar-refractivity contribution in [2.24, 2.45) is 0 Å². The Kier molecular flexibility index (Phi) is 3.78. The molecule has 2 heterocycles. The fourth-order valence-electron chi connectivity index (χ4n) is 2.76. The summed E-state index contributed by atoms with van der Waals surface area (Å²) < 4.78 is 10.9. The van der Waals surface area contributed by atoms with Gasteiger partial charge in [-0.15, -0.1) is 0 Å². The Morgan fingerprint density at radius 3 is 2.48 bits per heavy atom. The van der Waals surface area contributed by atoms with Crippen LogP contribution in [-0.2, 0) is 4.74 Å². The number of hydrogen-bond acceptors (Lipinski definition) is 4. The Bertz CT molecular complexity index is 934. The van der Waals surface area contributed by atoms with Crippen LogP contribution in [0, 0.1) is 0 Å². The number of anilines is 1. The zero-order chi connectivity index (χ0) is 17.4. The van der Waals surface area contributed by atoms with E-state index in [2.05, 4.69) is 0 Å². The first-order valence-corrected chi connectivity index (χ1v) is 7.95. The number of rotatable bonds is 2. The van der Waals surface area contributed by atoms with E-state index >= 15 is 0 Å². The van der Waals surface area contributed by atoms with Crippen LogP contribution in [0.25, 0.3) is 0 Å². The number of furan rings is 1. The molecule has 0 bridgehead atoms. The summed E-state index contributed by atoms with van der Waals surface area (Å²) in [6.45, 7) is 0. The van der Waals surface area contributed by atoms with Gasteiger partial charge in [0, 0.05) is 10.6 Å². The fourth-order valence-corrected chi connectivity index (χ4v) is 2.89. The third-order valence-electron chi connectivity index (χ3n) is 3.93. The summed E-state index contributed by atoms with van der Waals surface area (Å²) in [5, 5.41) is 0.532. The van der Waals surface area contributed by atoms with E-state index in [1.165, 1.54) is 11.2 Å². The SMILES string of the molecule is O=C1O[C@@H](c2ccco2)N(C(=O)c2ccc(Cl)cc2)c2ccccc21. The first-order valence-electron chi connectivity index (χ1n) is 7.58. The summed E-state index contributed by atoms with van der Waals surface area (Å²) >= 11 is 5.90. The van der Waals surface area contributed by atoms with Crippen molar-refractivity contribution < 1.29 is 18.7 Å². The average molecular weight is 354 g/mol. The van der Waals surface area contributed by atoms with Crippen LogP contribution in [0.2, 0.25) is 5.02 Å². The Hall–Kier alpha value is -3.05. The number of hydrogen-bond donors (Lipinski definition) is 0. The van der Waals surface area contributed by atoms with E-state index in [1.54, 1.807) is 60.7 Å². The predicted molar refractivity (Wildman–Crippen MR) is 91.6 cm³/mol. The summed E-state index contributed by atoms with van der Waals surface area (Å²) in [5.41, 5.74) is 1.22. The minimum atomic E-state index is -0.972. The monoisotopic (exact) mass is 353 g/mol. The van der Waals surface area contributed by atoms with Crippen molar-refractivity contribution in [3.05, 3.63) is 88.8 Å². The van der Waals surface area contributed by atoms with Crippen molar-refractivity contribution >= 4 is 29.2 Å². The largest absolute Gasteiger partial charge is 0.463 e. The minimum Gasteiger partial charge on any atom is -0.463 e. The Labute approximate surface area is 148 Å². The van der Waals surface area contributed by atoms with Gasteiger partial charge in [0.1, 0.15) is 0 Å². The van der Waals surface area contributed by atoms with Crippen molar-refractivity contribution in [3.8, 4) is 0 Å². The smallest absolute Gasteiger partial charge is 0.342 e. The zero-order valence-corrected chi connectivity index (χ0v) is 13.6. The van der Waals surface area contributed by atoms with Crippen LogP contribution in [0.1, 0.15) is 32.7 Å². The lowest BCUT2D eigenvalue weighted by atomic mass is 10.1. The van der Waals surface area contributed by atoms with E-state index in [1.807, 2.05) is 0 Å². The van der Waals surface area contributed by atoms with Crippen molar-refractivity contribution in [3.63, 3.8) is 0 Å². The molecule has 4 rings (SSSR count). The van der Waals surface area contributed by atoms with Crippen molar-refractivity contribution in [1.29, 1.82) is 0 Å². The molecule has 124 valence electrons. The maximum absolute atomic E-state index is 13.1. The van der Waals surface area contributed by atoms with Gasteiger partial charge in [0.15, 0.2) is 5.76 Å². The van der Waals surface area contributed by atoms with E-state index in [0.29, 0.717) is 27.6 Å². The molecule has 1 aliphatic heterocycles. The van der Waals surface area contributed by atoms with Crippen molar-refractivity contribution in [2.75, 3.05) is 4.90 Å². The standard InChI is InChI=1S/C19H12ClNO4/c20-13-9-7-12(8-10-13)17(22)21-15-5-2-1-4-14(15)19(23)25-18(21)16-6-3-11-24-16/h1-11,18H/t18-/m0/s1. The second-order valence-corrected chi connectivity index (χ2v) is 5.91. The van der Waals surface area contributed by atoms with Crippen LogP contribution in [0.5, 0.6) is 0 Å². The molecule has 2 aromatic carbocycles. The summed E-state index contributed by atoms with van der Waals surface area (Å²) in [6.07, 6.45) is 0.495. The molecule has 25 heavy (non-hydrogen) atoms. The third-order valence-corrected chi connectivity index (χ3v) is 4.19. The number of benzene rings is 2. The number of carbonyl (C=O) groups excluding carboxylic acids is 2. The summed E-state index contributed by atoms with van der Waals surface area (Å²) in [5.74, 6) is -0.458. The highest BCUT2D eigenvalue weighted by Gasteiger charge is 2.39. The third kappa shape index (κ3) is 2.68. The molecular formula is C19H12ClNO4. The lowest BCUT2D eigenvalue weighted by Gasteiger charge is -2.35. The van der Waals surface area contributed by atoms with Crippen LogP contribution in [0.4, 0.5) is 5.69 Å². The van der Waals surface area contributed by atoms with Gasteiger partial charge in [-0.1, -0.05) is 23.7 Å². The molecular weight excluding hydrogens is 342 g/mol. The maximum Gasteiger partial charge on any atom is 0.342 e. The van der Waals surface area contributed by atoms with E-state index in [0.717, 1.165) is 0 Å². The number of nitrogens with zero attached hydrogens (tertiary/aromatic N) is 1. The molecule has 3 aromatic rings. The Morgan fingerprint density at radius 2 is 1.76 bits per heavy atom. The summed E-state index contributed by atoms with van der Waals surface area (Å²) in [7, 11) is 0. The molecule has 0 spiro atoms. The number of para-hydroxylation sites is 1. The van der Waals surface area contributed by atoms with E-state index in [-0.39, 0.29) is 5.91 Å². The number of ether oxygens (including phenoxy) is 1. The van der Waals surface area contributed by atoms with Gasteiger partial charge in [-0.3, -0.25) is 9.69 Å². The molecule has 0 saturated heterocycles. The van der Waals surface area contributed by atoms with E-state index in [4.69, 9.17) is 20.8 Å². The molecule has 0 fully saturated rings. The molecule has 0 saturated carbocycles. The van der Waals surface area contributed by atoms with Gasteiger partial charge in [0.05, 0.1) is 17.5 Å². The molecule has 1 atom stereocenters. The van der Waals surface area contributed by atoms with Crippen LogP contribution in [-0.4, -0.2) is 11.9 Å². The van der Waals surface area contributed by atoms with E-state index < -0.39 is 12.2 Å². The second-order valence-electron chi connectivity index (χ2n) is 5.47. The topological polar surface area (TPSA) is 59.8 Å². The van der Waals surface area contributed by atoms with Gasteiger partial charge in [0.25, 0.3) is 5.91 Å². The first-order chi connectivity index (χ1) is 12.1. The van der Waals surface area contributed by atoms with Gasteiger partial charge in [-0.05, 0) is 48.5 Å². The second kappa shape index (κ2) is 6.11. The van der Waals surface area contributed by atoms with Crippen molar-refractivity contribution in [1.82, 2.24) is 0 Å². The van der Waals surface area contributed by atoms with Crippen LogP contribution in [0.15, 0.2) is 71.3 Å². The van der Waals surface area contributed by atoms with Crippen LogP contribution in [0.3, 0.4) is 0 Å². The highest BCUT2D eigenvalue weighted by molar-refractivity contribution is 6.30. The lowest BCUT2D eigenvalue weighted by Crippen LogP contribution is -2.41. The molecule has 0 N–H and O–H groups in total. The average Bonchev–Trinajstić information content (AvgIpc) is 3.16. The van der Waals surface area contributed by atoms with Gasteiger partial charge < -0.3 is 9.15 Å². The summed E-state index contributed by atoms with van der Waals surface area (Å²) in [4.78, 5) is 26.9. The number of cyclic esters (lactones) is 1. The summed E-state index contributed by atoms with van der Waals surface area (Å²) in [6, 6.07) is 16.7. The fraction of sp³-hybridized carbons (Fsp3) is 0.0526. The number of fused-ring (bicyclic) bond motifs is 1. The molecule has 0 unspecified atom stereocenters. The van der Waals surface area contributed by atoms with E-state index in [9.17, 15) is 9.59 Å². The minimum absolute atomic E-state index is 0.321. The molecule has 1 aromatic heterocycles. The van der Waals surface area contributed by atoms with Crippen molar-refractivity contribution in [2.45, 2.75) is 6.23 Å². The maximum atomic E-state index is 13.1. The predicted octanol–water partition coefficient (Wildman–Crippen LogP) is 4.45. The molecule has 6 heteroatoms. The zero-order valence-electron chi connectivity index (χ0n) is 12.9. The number of carbonyl (C=O) groups is 2. The van der Waals surface area contributed by atoms with Gasteiger partial charge in [-0.25, -0.2) is 4.79 Å². The Morgan fingerprint density at radius 1 is 1.00 bits per heavy atom. The number of amides is 1. The molecule has 1 amide bonds. The highest BCUT2D eigenvalue weighted by Crippen LogP contribution is 2.38. The molecule has 0 aliphatic carbocycles. The highest BCUT2D eigenvalue weighted by atomic mass is 35.5. The van der Waals surface area contributed by atoms with Gasteiger partial charge in [0.2, 0.25) is 6.23 Å². The lowest BCUT2D eigenvalue weighted by molar-refractivity contribution is 0.0196. The molecule has 1 aliphatic rings. The number of halogens is 1. The normalized spacial score (nSPS) is 16.3. The first kappa shape index (κ1) is 15.5. The molecule has 0 radical (unpaired) electrons.